The first-order valence-electron chi connectivity index (χ1n) is 6.63. The SMILES string of the molecule is Cc1ccsc1/C=N/NC(=O)C(=O)Nc1cccc(C(F)(F)F)c1. The second-order valence-electron chi connectivity index (χ2n) is 4.70. The highest BCUT2D eigenvalue weighted by Gasteiger charge is 2.30. The van der Waals surface area contributed by atoms with Gasteiger partial charge in [0, 0.05) is 10.6 Å². The average molecular weight is 355 g/mol. The molecule has 0 aliphatic heterocycles. The van der Waals surface area contributed by atoms with Crippen molar-refractivity contribution in [2.45, 2.75) is 13.1 Å². The van der Waals surface area contributed by atoms with Crippen LogP contribution in [0.3, 0.4) is 0 Å². The van der Waals surface area contributed by atoms with E-state index in [1.165, 1.54) is 23.6 Å². The molecule has 1 heterocycles. The van der Waals surface area contributed by atoms with Crippen molar-refractivity contribution in [1.82, 2.24) is 5.43 Å². The van der Waals surface area contributed by atoms with Gasteiger partial charge in [-0.25, -0.2) is 5.43 Å². The van der Waals surface area contributed by atoms with Gasteiger partial charge >= 0.3 is 18.0 Å². The molecule has 0 bridgehead atoms. The van der Waals surface area contributed by atoms with Gasteiger partial charge in [-0.1, -0.05) is 6.07 Å². The molecule has 0 spiro atoms. The van der Waals surface area contributed by atoms with E-state index in [2.05, 4.69) is 10.4 Å². The molecule has 2 amide bonds. The van der Waals surface area contributed by atoms with E-state index in [0.717, 1.165) is 28.6 Å². The molecule has 0 saturated carbocycles. The molecule has 5 nitrogen and oxygen atoms in total. The zero-order valence-corrected chi connectivity index (χ0v) is 13.2. The molecule has 0 unspecified atom stereocenters. The van der Waals surface area contributed by atoms with E-state index >= 15 is 0 Å². The minimum absolute atomic E-state index is 0.136. The summed E-state index contributed by atoms with van der Waals surface area (Å²) in [5, 5.41) is 7.57. The van der Waals surface area contributed by atoms with E-state index in [-0.39, 0.29) is 5.69 Å². The van der Waals surface area contributed by atoms with Crippen LogP contribution in [-0.4, -0.2) is 18.0 Å². The molecule has 126 valence electrons. The number of benzene rings is 1. The molecule has 2 aromatic rings. The maximum absolute atomic E-state index is 12.6. The third-order valence-corrected chi connectivity index (χ3v) is 3.86. The number of hydrogen-bond donors (Lipinski definition) is 2. The third-order valence-electron chi connectivity index (χ3n) is 2.90. The van der Waals surface area contributed by atoms with Gasteiger partial charge in [0.2, 0.25) is 0 Å². The van der Waals surface area contributed by atoms with Gasteiger partial charge in [-0.15, -0.1) is 11.3 Å². The second kappa shape index (κ2) is 7.26. The lowest BCUT2D eigenvalue weighted by Crippen LogP contribution is -2.32. The fourth-order valence-corrected chi connectivity index (χ4v) is 2.46. The first-order chi connectivity index (χ1) is 11.3. The summed E-state index contributed by atoms with van der Waals surface area (Å²) in [6, 6.07) is 5.85. The van der Waals surface area contributed by atoms with Gasteiger partial charge in [-0.2, -0.15) is 18.3 Å². The largest absolute Gasteiger partial charge is 0.416 e. The Kier molecular flexibility index (Phi) is 5.35. The van der Waals surface area contributed by atoms with Crippen molar-refractivity contribution in [1.29, 1.82) is 0 Å². The van der Waals surface area contributed by atoms with Crippen LogP contribution in [0.4, 0.5) is 18.9 Å². The lowest BCUT2D eigenvalue weighted by molar-refractivity contribution is -0.137. The number of halogens is 3. The van der Waals surface area contributed by atoms with E-state index < -0.39 is 23.6 Å². The molecule has 0 radical (unpaired) electrons. The number of rotatable bonds is 3. The van der Waals surface area contributed by atoms with Gasteiger partial charge in [0.1, 0.15) is 0 Å². The minimum Gasteiger partial charge on any atom is -0.318 e. The summed E-state index contributed by atoms with van der Waals surface area (Å²) in [4.78, 5) is 24.1. The molecule has 1 aromatic carbocycles. The lowest BCUT2D eigenvalue weighted by Gasteiger charge is -2.09. The minimum atomic E-state index is -4.54. The van der Waals surface area contributed by atoms with Crippen molar-refractivity contribution >= 4 is 35.1 Å². The second-order valence-corrected chi connectivity index (χ2v) is 5.65. The average Bonchev–Trinajstić information content (AvgIpc) is 2.92. The van der Waals surface area contributed by atoms with Crippen LogP contribution in [0.1, 0.15) is 16.0 Å². The van der Waals surface area contributed by atoms with Gasteiger partial charge in [0.15, 0.2) is 0 Å². The van der Waals surface area contributed by atoms with E-state index in [1.807, 2.05) is 23.8 Å². The first kappa shape index (κ1) is 17.7. The number of hydrogen-bond acceptors (Lipinski definition) is 4. The predicted molar refractivity (Wildman–Crippen MR) is 84.9 cm³/mol. The Morgan fingerprint density at radius 1 is 1.21 bits per heavy atom. The summed E-state index contributed by atoms with van der Waals surface area (Å²) in [7, 11) is 0. The molecular formula is C15H12F3N3O2S. The Bertz CT molecular complexity index is 784. The van der Waals surface area contributed by atoms with Crippen molar-refractivity contribution < 1.29 is 22.8 Å². The van der Waals surface area contributed by atoms with Gasteiger partial charge in [0.25, 0.3) is 0 Å². The zero-order valence-electron chi connectivity index (χ0n) is 12.3. The number of aryl methyl sites for hydroxylation is 1. The van der Waals surface area contributed by atoms with E-state index in [4.69, 9.17) is 0 Å². The van der Waals surface area contributed by atoms with Crippen molar-refractivity contribution in [3.8, 4) is 0 Å². The Morgan fingerprint density at radius 3 is 2.58 bits per heavy atom. The van der Waals surface area contributed by atoms with Crippen LogP contribution in [0.2, 0.25) is 0 Å². The zero-order chi connectivity index (χ0) is 17.7. The Labute approximate surface area is 139 Å². The fourth-order valence-electron chi connectivity index (χ4n) is 1.68. The molecule has 0 aliphatic rings. The maximum Gasteiger partial charge on any atom is 0.416 e. The Balaban J connectivity index is 1.96. The molecule has 2 rings (SSSR count). The highest BCUT2D eigenvalue weighted by Crippen LogP contribution is 2.30. The van der Waals surface area contributed by atoms with E-state index in [9.17, 15) is 22.8 Å². The molecule has 0 saturated heterocycles. The Morgan fingerprint density at radius 2 is 1.96 bits per heavy atom. The summed E-state index contributed by atoms with van der Waals surface area (Å²) < 4.78 is 37.8. The molecule has 0 aliphatic carbocycles. The number of carbonyl (C=O) groups excluding carboxylic acids is 2. The summed E-state index contributed by atoms with van der Waals surface area (Å²) in [6.07, 6.45) is -3.15. The molecule has 24 heavy (non-hydrogen) atoms. The van der Waals surface area contributed by atoms with Crippen molar-refractivity contribution in [2.75, 3.05) is 5.32 Å². The van der Waals surface area contributed by atoms with Crippen molar-refractivity contribution in [2.24, 2.45) is 5.10 Å². The molecule has 0 fully saturated rings. The number of nitrogens with zero attached hydrogens (tertiary/aromatic N) is 1. The number of amides is 2. The number of thiophene rings is 1. The van der Waals surface area contributed by atoms with Gasteiger partial charge in [-0.05, 0) is 42.1 Å². The number of hydrazone groups is 1. The van der Waals surface area contributed by atoms with Crippen molar-refractivity contribution in [3.05, 3.63) is 51.7 Å². The summed E-state index contributed by atoms with van der Waals surface area (Å²) in [5.41, 5.74) is 1.92. The quantitative estimate of drug-likeness (QED) is 0.504. The van der Waals surface area contributed by atoms with Crippen LogP contribution in [0.5, 0.6) is 0 Å². The number of anilines is 1. The fraction of sp³-hybridized carbons (Fsp3) is 0.133. The van der Waals surface area contributed by atoms with Gasteiger partial charge < -0.3 is 5.32 Å². The van der Waals surface area contributed by atoms with Gasteiger partial charge in [-0.3, -0.25) is 9.59 Å². The topological polar surface area (TPSA) is 70.6 Å². The van der Waals surface area contributed by atoms with Crippen LogP contribution in [0.15, 0.2) is 40.8 Å². The van der Waals surface area contributed by atoms with Crippen LogP contribution < -0.4 is 10.7 Å². The molecule has 1 aromatic heterocycles. The number of carbonyl (C=O) groups is 2. The smallest absolute Gasteiger partial charge is 0.318 e. The highest BCUT2D eigenvalue weighted by molar-refractivity contribution is 7.11. The standard InChI is InChI=1S/C15H12F3N3O2S/c1-9-5-6-24-12(9)8-19-21-14(23)13(22)20-11-4-2-3-10(7-11)15(16,17)18/h2-8H,1H3,(H,20,22)(H,21,23)/b19-8+. The van der Waals surface area contributed by atoms with E-state index in [1.54, 1.807) is 0 Å². The van der Waals surface area contributed by atoms with Crippen molar-refractivity contribution in [3.63, 3.8) is 0 Å². The summed E-state index contributed by atoms with van der Waals surface area (Å²) in [6.45, 7) is 1.86. The lowest BCUT2D eigenvalue weighted by atomic mass is 10.2. The molecule has 2 N–H and O–H groups in total. The van der Waals surface area contributed by atoms with E-state index in [0.29, 0.717) is 0 Å². The summed E-state index contributed by atoms with van der Waals surface area (Å²) >= 11 is 1.41. The van der Waals surface area contributed by atoms with Crippen LogP contribution in [0, 0.1) is 6.92 Å². The monoisotopic (exact) mass is 355 g/mol. The van der Waals surface area contributed by atoms with Crippen LogP contribution in [-0.2, 0) is 15.8 Å². The van der Waals surface area contributed by atoms with Crippen LogP contribution >= 0.6 is 11.3 Å². The normalized spacial score (nSPS) is 11.5. The summed E-state index contributed by atoms with van der Waals surface area (Å²) in [5.74, 6) is -2.20. The number of nitrogens with one attached hydrogen (secondary N) is 2. The number of alkyl halides is 3. The van der Waals surface area contributed by atoms with Gasteiger partial charge in [0.05, 0.1) is 11.8 Å². The maximum atomic E-state index is 12.6. The molecule has 0 atom stereocenters. The van der Waals surface area contributed by atoms with Crippen LogP contribution in [0.25, 0.3) is 0 Å². The predicted octanol–water partition coefficient (Wildman–Crippen LogP) is 3.16. The highest BCUT2D eigenvalue weighted by atomic mass is 32.1. The third kappa shape index (κ3) is 4.66. The Hall–Kier alpha value is -2.68. The molecular weight excluding hydrogens is 343 g/mol. The molecule has 9 heteroatoms. The first-order valence-corrected chi connectivity index (χ1v) is 7.51.